The predicted molar refractivity (Wildman–Crippen MR) is 140 cm³/mol. The zero-order chi connectivity index (χ0) is 25.2. The Bertz CT molecular complexity index is 1330. The molecule has 1 N–H and O–H groups in total. The zero-order valence-corrected chi connectivity index (χ0v) is 21.0. The van der Waals surface area contributed by atoms with Gasteiger partial charge in [0.15, 0.2) is 0 Å². The number of hydrogen-bond acceptors (Lipinski definition) is 5. The molecule has 1 saturated carbocycles. The molecule has 0 unspecified atom stereocenters. The Morgan fingerprint density at radius 2 is 1.67 bits per heavy atom. The topological polar surface area (TPSA) is 87.5 Å². The molecule has 5 rings (SSSR count). The average Bonchev–Trinajstić information content (AvgIpc) is 3.70. The van der Waals surface area contributed by atoms with Crippen LogP contribution in [0.5, 0.6) is 0 Å². The summed E-state index contributed by atoms with van der Waals surface area (Å²) in [5, 5.41) is 3.68. The minimum Gasteiger partial charge on any atom is -0.340 e. The van der Waals surface area contributed by atoms with E-state index in [-0.39, 0.29) is 23.4 Å². The van der Waals surface area contributed by atoms with Crippen LogP contribution >= 0.6 is 0 Å². The lowest BCUT2D eigenvalue weighted by atomic mass is 10.1. The Balaban J connectivity index is 1.15. The summed E-state index contributed by atoms with van der Waals surface area (Å²) >= 11 is 0. The minimum absolute atomic E-state index is 0.00155. The summed E-state index contributed by atoms with van der Waals surface area (Å²) in [5.41, 5.74) is 3.66. The first-order valence-electron chi connectivity index (χ1n) is 12.8. The summed E-state index contributed by atoms with van der Waals surface area (Å²) in [7, 11) is 0. The van der Waals surface area contributed by atoms with Crippen molar-refractivity contribution in [2.75, 3.05) is 38.0 Å². The van der Waals surface area contributed by atoms with Crippen LogP contribution in [-0.2, 0) is 16.0 Å². The highest BCUT2D eigenvalue weighted by Crippen LogP contribution is 2.35. The maximum absolute atomic E-state index is 13.0. The second-order valence-electron chi connectivity index (χ2n) is 9.92. The third kappa shape index (κ3) is 5.18. The number of carbonyl (C=O) groups excluding carboxylic acids is 2. The molecule has 0 spiro atoms. The predicted octanol–water partition coefficient (Wildman–Crippen LogP) is 3.06. The van der Waals surface area contributed by atoms with Crippen molar-refractivity contribution in [1.29, 1.82) is 0 Å². The number of benzene rings is 2. The number of nitrogens with one attached hydrogen (secondary N) is 1. The number of anilines is 1. The molecule has 1 aromatic heterocycles. The van der Waals surface area contributed by atoms with Gasteiger partial charge in [0, 0.05) is 50.7 Å². The molecule has 3 aromatic rings. The summed E-state index contributed by atoms with van der Waals surface area (Å²) in [6.07, 6.45) is 2.75. The van der Waals surface area contributed by atoms with Crippen molar-refractivity contribution in [1.82, 2.24) is 19.4 Å². The van der Waals surface area contributed by atoms with Crippen LogP contribution in [0.1, 0.15) is 42.3 Å². The molecule has 1 aliphatic carbocycles. The Morgan fingerprint density at radius 3 is 2.36 bits per heavy atom. The first kappa shape index (κ1) is 24.2. The van der Waals surface area contributed by atoms with Gasteiger partial charge in [0.25, 0.3) is 5.56 Å². The molecule has 2 heterocycles. The Hall–Kier alpha value is -3.52. The van der Waals surface area contributed by atoms with Gasteiger partial charge in [-0.2, -0.15) is 0 Å². The van der Waals surface area contributed by atoms with E-state index >= 15 is 0 Å². The van der Waals surface area contributed by atoms with Gasteiger partial charge in [-0.05, 0) is 49.9 Å². The number of hydrogen-bond donors (Lipinski definition) is 1. The summed E-state index contributed by atoms with van der Waals surface area (Å²) < 4.78 is 1.81. The van der Waals surface area contributed by atoms with Gasteiger partial charge in [0.05, 0.1) is 17.4 Å². The average molecular weight is 488 g/mol. The largest absolute Gasteiger partial charge is 0.340 e. The van der Waals surface area contributed by atoms with Gasteiger partial charge in [-0.15, -0.1) is 0 Å². The SMILES string of the molecule is Cc1cccc(C)c1NC(=O)CN1CCN(C(=O)CCc2nc3ccccc3c(=O)n2C2CC2)CC1. The monoisotopic (exact) mass is 487 g/mol. The molecule has 188 valence electrons. The molecule has 1 saturated heterocycles. The van der Waals surface area contributed by atoms with Crippen LogP contribution in [0.3, 0.4) is 0 Å². The van der Waals surface area contributed by atoms with Crippen molar-refractivity contribution >= 4 is 28.4 Å². The van der Waals surface area contributed by atoms with E-state index in [1.807, 2.05) is 65.8 Å². The highest BCUT2D eigenvalue weighted by atomic mass is 16.2. The van der Waals surface area contributed by atoms with Crippen molar-refractivity contribution in [3.05, 3.63) is 69.8 Å². The third-order valence-electron chi connectivity index (χ3n) is 7.19. The number of carbonyl (C=O) groups is 2. The fourth-order valence-corrected chi connectivity index (χ4v) is 5.00. The lowest BCUT2D eigenvalue weighted by molar-refractivity contribution is -0.133. The normalized spacial score (nSPS) is 16.3. The van der Waals surface area contributed by atoms with E-state index in [0.717, 1.165) is 29.7 Å². The van der Waals surface area contributed by atoms with Crippen molar-refractivity contribution in [3.8, 4) is 0 Å². The van der Waals surface area contributed by atoms with E-state index < -0.39 is 0 Å². The Labute approximate surface area is 210 Å². The van der Waals surface area contributed by atoms with E-state index in [1.165, 1.54) is 0 Å². The number of fused-ring (bicyclic) bond motifs is 1. The van der Waals surface area contributed by atoms with E-state index in [1.54, 1.807) is 0 Å². The highest BCUT2D eigenvalue weighted by Gasteiger charge is 2.29. The second-order valence-corrected chi connectivity index (χ2v) is 9.92. The van der Waals surface area contributed by atoms with Crippen LogP contribution in [-0.4, -0.2) is 63.9 Å². The van der Waals surface area contributed by atoms with Crippen LogP contribution in [0.25, 0.3) is 10.9 Å². The zero-order valence-electron chi connectivity index (χ0n) is 21.0. The van der Waals surface area contributed by atoms with Crippen LogP contribution < -0.4 is 10.9 Å². The Morgan fingerprint density at radius 1 is 0.972 bits per heavy atom. The third-order valence-corrected chi connectivity index (χ3v) is 7.19. The van der Waals surface area contributed by atoms with E-state index in [4.69, 9.17) is 4.98 Å². The number of nitrogens with zero attached hydrogens (tertiary/aromatic N) is 4. The summed E-state index contributed by atoms with van der Waals surface area (Å²) in [4.78, 5) is 47.3. The van der Waals surface area contributed by atoms with Crippen molar-refractivity contribution in [2.24, 2.45) is 0 Å². The molecule has 0 radical (unpaired) electrons. The maximum Gasteiger partial charge on any atom is 0.261 e. The second kappa shape index (κ2) is 10.2. The van der Waals surface area contributed by atoms with Crippen LogP contribution in [0.2, 0.25) is 0 Å². The van der Waals surface area contributed by atoms with E-state index in [2.05, 4.69) is 10.2 Å². The maximum atomic E-state index is 13.0. The van der Waals surface area contributed by atoms with Crippen molar-refractivity contribution < 1.29 is 9.59 Å². The quantitative estimate of drug-likeness (QED) is 0.554. The minimum atomic E-state index is -0.0346. The highest BCUT2D eigenvalue weighted by molar-refractivity contribution is 5.93. The molecule has 8 nitrogen and oxygen atoms in total. The molecule has 1 aliphatic heterocycles. The number of aryl methyl sites for hydroxylation is 3. The van der Waals surface area contributed by atoms with Crippen LogP contribution in [0.15, 0.2) is 47.3 Å². The van der Waals surface area contributed by atoms with Gasteiger partial charge in [0.2, 0.25) is 11.8 Å². The smallest absolute Gasteiger partial charge is 0.261 e. The van der Waals surface area contributed by atoms with Crippen molar-refractivity contribution in [2.45, 2.75) is 45.6 Å². The first-order chi connectivity index (χ1) is 17.4. The van der Waals surface area contributed by atoms with E-state index in [0.29, 0.717) is 62.3 Å². The summed E-state index contributed by atoms with van der Waals surface area (Å²) in [6.45, 7) is 6.80. The Kier molecular flexibility index (Phi) is 6.87. The van der Waals surface area contributed by atoms with Gasteiger partial charge in [0.1, 0.15) is 5.82 Å². The van der Waals surface area contributed by atoms with Gasteiger partial charge >= 0.3 is 0 Å². The lowest BCUT2D eigenvalue weighted by Gasteiger charge is -2.34. The fourth-order valence-electron chi connectivity index (χ4n) is 5.00. The van der Waals surface area contributed by atoms with Crippen LogP contribution in [0.4, 0.5) is 5.69 Å². The first-order valence-corrected chi connectivity index (χ1v) is 12.8. The molecule has 2 aromatic carbocycles. The summed E-state index contributed by atoms with van der Waals surface area (Å²) in [5.74, 6) is 0.739. The van der Waals surface area contributed by atoms with E-state index in [9.17, 15) is 14.4 Å². The number of para-hydroxylation sites is 2. The van der Waals surface area contributed by atoms with Crippen molar-refractivity contribution in [3.63, 3.8) is 0 Å². The molecule has 0 bridgehead atoms. The molecule has 2 fully saturated rings. The standard InChI is InChI=1S/C28H33N5O3/c1-19-6-5-7-20(2)27(19)30-25(34)18-31-14-16-32(17-15-31)26(35)13-12-24-29-23-9-4-3-8-22(23)28(36)33(24)21-10-11-21/h3-9,21H,10-18H2,1-2H3,(H,30,34). The van der Waals surface area contributed by atoms with Gasteiger partial charge in [-0.3, -0.25) is 23.9 Å². The molecule has 8 heteroatoms. The fraction of sp³-hybridized carbons (Fsp3) is 0.429. The van der Waals surface area contributed by atoms with Gasteiger partial charge in [-0.25, -0.2) is 4.98 Å². The molecular weight excluding hydrogens is 454 g/mol. The molecule has 36 heavy (non-hydrogen) atoms. The molecule has 0 atom stereocenters. The van der Waals surface area contributed by atoms with Gasteiger partial charge < -0.3 is 10.2 Å². The summed E-state index contributed by atoms with van der Waals surface area (Å²) in [6, 6.07) is 13.6. The lowest BCUT2D eigenvalue weighted by Crippen LogP contribution is -2.50. The molecular formula is C28H33N5O3. The van der Waals surface area contributed by atoms with Gasteiger partial charge in [-0.1, -0.05) is 30.3 Å². The molecule has 2 aliphatic rings. The number of aromatic nitrogens is 2. The number of amides is 2. The number of piperazine rings is 1. The molecule has 2 amide bonds. The number of rotatable bonds is 7. The van der Waals surface area contributed by atoms with Crippen LogP contribution in [0, 0.1) is 13.8 Å².